The lowest BCUT2D eigenvalue weighted by Crippen LogP contribution is -2.61. The summed E-state index contributed by atoms with van der Waals surface area (Å²) in [4.78, 5) is 242. The maximum Gasteiger partial charge on any atom is 0.246 e. The topological polar surface area (TPSA) is 604 Å². The number of thioether (sulfide) groups is 1. The maximum atomic E-state index is 15.6. The van der Waals surface area contributed by atoms with Crippen LogP contribution in [-0.2, 0) is 109 Å². The molecule has 664 valence electrons. The molecule has 0 aliphatic carbocycles. The summed E-state index contributed by atoms with van der Waals surface area (Å²) in [5, 5.41) is 51.4. The predicted octanol–water partition coefficient (Wildman–Crippen LogP) is -1.89. The number of hydrogen-bond acceptors (Lipinski definition) is 19. The molecule has 0 unspecified atom stereocenters. The molecule has 16 amide bonds. The van der Waals surface area contributed by atoms with Gasteiger partial charge >= 0.3 is 0 Å². The number of fused-ring (bicyclic) bond motifs is 4. The highest BCUT2D eigenvalue weighted by Crippen LogP contribution is 2.27. The first-order chi connectivity index (χ1) is 59.9. The van der Waals surface area contributed by atoms with E-state index in [2.05, 4.69) is 73.8 Å². The van der Waals surface area contributed by atoms with Gasteiger partial charge in [-0.1, -0.05) is 129 Å². The van der Waals surface area contributed by atoms with E-state index in [0.29, 0.717) is 49.6 Å². The molecular weight excluding hydrogens is 1630 g/mol. The molecule has 13 atom stereocenters. The molecule has 38 nitrogen and oxygen atoms in total. The number of carbonyl (C=O) groups is 16. The predicted molar refractivity (Wildman–Crippen MR) is 461 cm³/mol. The number of carbonyl (C=O) groups excluding carboxylic acids is 16. The summed E-state index contributed by atoms with van der Waals surface area (Å²) in [5.74, 6) is -17.8. The molecule has 3 aliphatic heterocycles. The van der Waals surface area contributed by atoms with Crippen LogP contribution in [0.4, 0.5) is 0 Å². The molecule has 0 radical (unpaired) electrons. The number of phenolic OH excluding ortho intramolecular Hbond substituents is 1. The Labute approximate surface area is 723 Å². The summed E-state index contributed by atoms with van der Waals surface area (Å²) in [6, 6.07) is 17.8. The molecule has 2 aromatic heterocycles. The fraction of sp³-hybridized carbons (Fsp3) is 0.407. The molecule has 3 aliphatic rings. The first kappa shape index (κ1) is 93.4. The first-order valence-corrected chi connectivity index (χ1v) is 42.4. The lowest BCUT2D eigenvalue weighted by Gasteiger charge is -2.32. The van der Waals surface area contributed by atoms with Crippen molar-refractivity contribution in [1.29, 1.82) is 5.41 Å². The fourth-order valence-corrected chi connectivity index (χ4v) is 16.2. The van der Waals surface area contributed by atoms with Crippen molar-refractivity contribution in [3.63, 3.8) is 0 Å². The van der Waals surface area contributed by atoms with Gasteiger partial charge in [-0.3, -0.25) is 82.1 Å². The number of hydrogen-bond donors (Lipinski definition) is 20. The van der Waals surface area contributed by atoms with E-state index in [1.807, 2.05) is 0 Å². The fourth-order valence-electron chi connectivity index (χ4n) is 15.4. The van der Waals surface area contributed by atoms with Crippen LogP contribution in [0, 0.1) is 11.3 Å². The Morgan fingerprint density at radius 1 is 0.472 bits per heavy atom. The van der Waals surface area contributed by atoms with Crippen LogP contribution in [0.15, 0.2) is 146 Å². The van der Waals surface area contributed by atoms with Crippen LogP contribution in [0.2, 0.25) is 0 Å². The van der Waals surface area contributed by atoms with Gasteiger partial charge in [0.05, 0.1) is 25.1 Å². The number of nitrogens with two attached hydrogens (primary N) is 4. The van der Waals surface area contributed by atoms with Crippen LogP contribution in [0.25, 0.3) is 21.8 Å². The number of para-hydroxylation sites is 2. The molecule has 24 N–H and O–H groups in total. The van der Waals surface area contributed by atoms with Gasteiger partial charge in [-0.05, 0) is 96.5 Å². The van der Waals surface area contributed by atoms with Crippen molar-refractivity contribution >= 4 is 134 Å². The van der Waals surface area contributed by atoms with Crippen molar-refractivity contribution in [3.05, 3.63) is 174 Å². The molecule has 3 saturated heterocycles. The molecule has 3 fully saturated rings. The van der Waals surface area contributed by atoms with E-state index >= 15 is 38.4 Å². The van der Waals surface area contributed by atoms with E-state index in [1.54, 1.807) is 135 Å². The van der Waals surface area contributed by atoms with Gasteiger partial charge in [0.15, 0.2) is 5.96 Å². The summed E-state index contributed by atoms with van der Waals surface area (Å²) in [5.41, 5.74) is 26.3. The SMILES string of the molecule is CC[C@H](C)[C@@H]1NC(=O)[C@@H]2CCCN2C(=O)[C@H](CCCNC(=N)N)NC(=O)[C@H](Cc2c[nH]c3ccccc23)NC(=O)[C@H](Cc2ccccc2)NC(=O)[C@H](CC(N)=O)NC(=O)[C@@H]2CCCN2C(=O)[C@H](Cc2ccccc2)NC(=O)[C@H](Cc2c[nH]c3ccccc23)NC(=O)[C@H](Cc2ccc(O)cc2)NC(=O)CSC[C@@H](C(=O)NCC(N)=O)NC(=O)[C@H](CC(N)=O)NC1=O. The molecule has 0 spiro atoms. The summed E-state index contributed by atoms with van der Waals surface area (Å²) >= 11 is 0.736. The van der Waals surface area contributed by atoms with E-state index in [0.717, 1.165) is 11.8 Å². The Kier molecular flexibility index (Phi) is 33.5. The molecule has 39 heteroatoms. The van der Waals surface area contributed by atoms with E-state index < -0.39 is 210 Å². The molecule has 10 rings (SSSR count). The van der Waals surface area contributed by atoms with Crippen LogP contribution >= 0.6 is 11.8 Å². The van der Waals surface area contributed by atoms with Crippen LogP contribution in [0.1, 0.15) is 99.5 Å². The van der Waals surface area contributed by atoms with Crippen LogP contribution < -0.4 is 86.7 Å². The molecule has 5 heterocycles. The van der Waals surface area contributed by atoms with Gasteiger partial charge in [-0.25, -0.2) is 0 Å². The minimum atomic E-state index is -1.87. The van der Waals surface area contributed by atoms with Gasteiger partial charge in [-0.15, -0.1) is 11.8 Å². The number of rotatable bonds is 23. The van der Waals surface area contributed by atoms with Gasteiger partial charge in [0.2, 0.25) is 94.5 Å². The Morgan fingerprint density at radius 2 is 0.888 bits per heavy atom. The van der Waals surface area contributed by atoms with Gasteiger partial charge in [-0.2, -0.15) is 0 Å². The zero-order valence-electron chi connectivity index (χ0n) is 69.1. The third-order valence-electron chi connectivity index (χ3n) is 22.0. The van der Waals surface area contributed by atoms with Crippen molar-refractivity contribution in [2.45, 2.75) is 176 Å². The number of nitrogens with one attached hydrogen (secondary N) is 15. The third-order valence-corrected chi connectivity index (χ3v) is 23.1. The minimum Gasteiger partial charge on any atom is -0.508 e. The number of aromatic amines is 2. The zero-order valence-corrected chi connectivity index (χ0v) is 69.9. The number of H-pyrrole nitrogens is 2. The monoisotopic (exact) mass is 1740 g/mol. The van der Waals surface area contributed by atoms with E-state index in [1.165, 1.54) is 34.1 Å². The Morgan fingerprint density at radius 3 is 1.38 bits per heavy atom. The van der Waals surface area contributed by atoms with Crippen molar-refractivity contribution < 1.29 is 81.8 Å². The minimum absolute atomic E-state index is 0.00402. The number of aromatic hydroxyl groups is 1. The number of aromatic nitrogens is 2. The second-order valence-electron chi connectivity index (χ2n) is 31.3. The van der Waals surface area contributed by atoms with Crippen molar-refractivity contribution in [2.75, 3.05) is 37.7 Å². The number of amides is 16. The van der Waals surface area contributed by atoms with Crippen LogP contribution in [-0.4, -0.2) is 236 Å². The van der Waals surface area contributed by atoms with Gasteiger partial charge in [0.25, 0.3) is 0 Å². The molecular formula is C86H107N21O17S. The van der Waals surface area contributed by atoms with E-state index in [9.17, 15) is 43.5 Å². The number of nitrogens with zero attached hydrogens (tertiary/aromatic N) is 2. The highest BCUT2D eigenvalue weighted by Gasteiger charge is 2.44. The summed E-state index contributed by atoms with van der Waals surface area (Å²) in [6.07, 6.45) is 0.854. The highest BCUT2D eigenvalue weighted by molar-refractivity contribution is 8.00. The summed E-state index contributed by atoms with van der Waals surface area (Å²) in [7, 11) is 0. The van der Waals surface area contributed by atoms with Crippen molar-refractivity contribution in [1.82, 2.24) is 83.6 Å². The Hall–Kier alpha value is -13.9. The standard InChI is InChI=1S/C86H107N21O17S/c1-3-47(2)73-83(122)102-64(41-70(88)110)80(119)104-66(74(113)95-44-71(89)111)45-125-46-72(112)96-59(36-50-28-30-53(108)31-29-50)75(114)99-62(39-52-43-94-57-24-13-11-22-55(52)57)78(117)103-65(37-49-19-8-5-9-20-49)85(124)107-34-15-26-67(107)81(120)101-63(40-69(87)109)79(118)98-60(35-48-17-6-4-7-18-48)76(115)100-61(38-51-42-93-56-23-12-10-21-54(51)56)77(116)97-58(25-14-32-92-86(90)91)84(123)106-33-16-27-68(106)82(121)105-73/h4-13,17-24,28-31,42-43,47,58-68,73,93-94,108H,3,14-16,25-27,32-41,44-46H2,1-2H3,(H2,87,109)(H2,88,110)(H2,89,111)(H,95,113)(H,96,112)(H,97,116)(H,98,118)(H,99,114)(H,100,115)(H,101,120)(H,102,122)(H,103,117)(H,104,119)(H,105,121)(H4,90,91,92)/t47-,58-,59-,60-,61-,62-,63-,64-,65-,66-,67-,68-,73-/m0/s1. The lowest BCUT2D eigenvalue weighted by atomic mass is 9.97. The third kappa shape index (κ3) is 26.6. The maximum absolute atomic E-state index is 15.6. The smallest absolute Gasteiger partial charge is 0.246 e. The van der Waals surface area contributed by atoms with Gasteiger partial charge in [0, 0.05) is 91.7 Å². The van der Waals surface area contributed by atoms with E-state index in [-0.39, 0.29) is 102 Å². The second-order valence-corrected chi connectivity index (χ2v) is 32.3. The van der Waals surface area contributed by atoms with Gasteiger partial charge in [0.1, 0.15) is 78.3 Å². The van der Waals surface area contributed by atoms with Gasteiger partial charge < -0.3 is 112 Å². The Balaban J connectivity index is 1.04. The summed E-state index contributed by atoms with van der Waals surface area (Å²) < 4.78 is 0. The normalized spacial score (nSPS) is 23.3. The molecule has 5 aromatic carbocycles. The molecule has 0 bridgehead atoms. The molecule has 125 heavy (non-hydrogen) atoms. The summed E-state index contributed by atoms with van der Waals surface area (Å²) in [6.45, 7) is 2.44. The lowest BCUT2D eigenvalue weighted by molar-refractivity contribution is -0.143. The number of benzene rings is 5. The number of primary amides is 3. The van der Waals surface area contributed by atoms with Crippen LogP contribution in [0.5, 0.6) is 5.75 Å². The number of phenols is 1. The molecule has 0 saturated carbocycles. The largest absolute Gasteiger partial charge is 0.508 e. The second kappa shape index (κ2) is 44.8. The highest BCUT2D eigenvalue weighted by atomic mass is 32.2. The zero-order chi connectivity index (χ0) is 90.0. The Bertz CT molecular complexity index is 5090. The van der Waals surface area contributed by atoms with Crippen LogP contribution in [0.3, 0.4) is 0 Å². The van der Waals surface area contributed by atoms with Crippen molar-refractivity contribution in [2.24, 2.45) is 28.9 Å². The quantitative estimate of drug-likeness (QED) is 0.0189. The molecule has 7 aromatic rings. The van der Waals surface area contributed by atoms with E-state index in [4.69, 9.17) is 28.3 Å². The average molecular weight is 1740 g/mol. The average Bonchev–Trinajstić information content (AvgIpc) is 1.70. The van der Waals surface area contributed by atoms with Crippen molar-refractivity contribution in [3.8, 4) is 5.75 Å². The first-order valence-electron chi connectivity index (χ1n) is 41.3. The number of guanidine groups is 1.